The molecule has 0 aromatic heterocycles. The summed E-state index contributed by atoms with van der Waals surface area (Å²) >= 11 is 0. The zero-order valence-electron chi connectivity index (χ0n) is 20.6. The summed E-state index contributed by atoms with van der Waals surface area (Å²) in [5.74, 6) is 4.96. The fraction of sp³-hybridized carbons (Fsp3) is 1.00. The SMILES string of the molecule is CC1CCC2C1(C)CCC1C3(C)CCCCC3CC(C)C21C.CCCC.CO. The highest BCUT2D eigenvalue weighted by Gasteiger charge is 2.65. The Labute approximate surface area is 177 Å². The lowest BCUT2D eigenvalue weighted by atomic mass is 9.37. The second-order valence-corrected chi connectivity index (χ2v) is 11.6. The van der Waals surface area contributed by atoms with Gasteiger partial charge in [-0.2, -0.15) is 0 Å². The number of aliphatic hydroxyl groups is 1. The molecule has 0 aromatic carbocycles. The van der Waals surface area contributed by atoms with Crippen molar-refractivity contribution in [2.45, 2.75) is 119 Å². The average Bonchev–Trinajstić information content (AvgIpc) is 3.00. The molecule has 8 unspecified atom stereocenters. The minimum absolute atomic E-state index is 0.625. The summed E-state index contributed by atoms with van der Waals surface area (Å²) in [6, 6.07) is 0. The maximum absolute atomic E-state index is 7.00. The Kier molecular flexibility index (Phi) is 8.14. The van der Waals surface area contributed by atoms with Gasteiger partial charge in [-0.25, -0.2) is 0 Å². The van der Waals surface area contributed by atoms with Crippen molar-refractivity contribution in [1.29, 1.82) is 0 Å². The Hall–Kier alpha value is -0.0400. The molecule has 0 bridgehead atoms. The van der Waals surface area contributed by atoms with Crippen molar-refractivity contribution >= 4 is 0 Å². The van der Waals surface area contributed by atoms with Crippen molar-refractivity contribution in [3.63, 3.8) is 0 Å². The maximum atomic E-state index is 7.00. The Balaban J connectivity index is 0.000000419. The van der Waals surface area contributed by atoms with Crippen LogP contribution in [0.4, 0.5) is 0 Å². The molecule has 0 heterocycles. The van der Waals surface area contributed by atoms with Gasteiger partial charge in [0.15, 0.2) is 0 Å². The van der Waals surface area contributed by atoms with Gasteiger partial charge in [-0.1, -0.05) is 74.1 Å². The first kappa shape index (κ1) is 24.2. The van der Waals surface area contributed by atoms with Crippen LogP contribution in [0.25, 0.3) is 0 Å². The molecule has 4 rings (SSSR count). The van der Waals surface area contributed by atoms with E-state index in [4.69, 9.17) is 5.11 Å². The Morgan fingerprint density at radius 1 is 0.714 bits per heavy atom. The third-order valence-corrected chi connectivity index (χ3v) is 10.7. The minimum atomic E-state index is 0.625. The van der Waals surface area contributed by atoms with Gasteiger partial charge in [0.05, 0.1) is 0 Å². The first-order valence-electron chi connectivity index (χ1n) is 12.7. The third kappa shape index (κ3) is 3.72. The van der Waals surface area contributed by atoms with Crippen molar-refractivity contribution in [2.24, 2.45) is 45.8 Å². The molecule has 0 spiro atoms. The standard InChI is InChI=1S/C22H38.C4H10.CH4O/c1-15-9-10-18-20(15,3)13-11-19-21(4)12-7-6-8-17(21)14-16(2)22(18,19)5;1-3-4-2;1-2/h15-19H,6-14H2,1-5H3;3-4H2,1-2H3;2H,1H3. The molecule has 166 valence electrons. The molecule has 4 aliphatic rings. The van der Waals surface area contributed by atoms with Crippen LogP contribution in [-0.2, 0) is 0 Å². The van der Waals surface area contributed by atoms with Crippen molar-refractivity contribution in [1.82, 2.24) is 0 Å². The van der Waals surface area contributed by atoms with Gasteiger partial charge in [0.25, 0.3) is 0 Å². The molecular weight excluding hydrogens is 340 g/mol. The van der Waals surface area contributed by atoms with Gasteiger partial charge in [-0.15, -0.1) is 0 Å². The molecule has 0 amide bonds. The molecule has 0 aliphatic heterocycles. The first-order chi connectivity index (χ1) is 13.2. The number of unbranched alkanes of at least 4 members (excludes halogenated alkanes) is 1. The van der Waals surface area contributed by atoms with Crippen LogP contribution in [0.1, 0.15) is 119 Å². The monoisotopic (exact) mass is 392 g/mol. The topological polar surface area (TPSA) is 20.2 Å². The summed E-state index contributed by atoms with van der Waals surface area (Å²) in [7, 11) is 1.00. The van der Waals surface area contributed by atoms with Gasteiger partial charge >= 0.3 is 0 Å². The predicted octanol–water partition coefficient (Wildman–Crippen LogP) is 8.11. The zero-order chi connectivity index (χ0) is 21.2. The molecule has 8 atom stereocenters. The molecule has 4 saturated carbocycles. The Bertz CT molecular complexity index is 485. The van der Waals surface area contributed by atoms with E-state index in [2.05, 4.69) is 48.5 Å². The highest BCUT2D eigenvalue weighted by molar-refractivity contribution is 5.14. The van der Waals surface area contributed by atoms with Crippen molar-refractivity contribution in [3.05, 3.63) is 0 Å². The van der Waals surface area contributed by atoms with Gasteiger partial charge < -0.3 is 5.11 Å². The van der Waals surface area contributed by atoms with E-state index in [0.29, 0.717) is 16.2 Å². The molecule has 1 heteroatoms. The summed E-state index contributed by atoms with van der Waals surface area (Å²) in [6.45, 7) is 17.7. The summed E-state index contributed by atoms with van der Waals surface area (Å²) in [6.07, 6.45) is 16.3. The lowest BCUT2D eigenvalue weighted by molar-refractivity contribution is -0.190. The quantitative estimate of drug-likeness (QED) is 0.478. The van der Waals surface area contributed by atoms with E-state index >= 15 is 0 Å². The molecule has 1 N–H and O–H groups in total. The van der Waals surface area contributed by atoms with Crippen molar-refractivity contribution < 1.29 is 5.11 Å². The van der Waals surface area contributed by atoms with E-state index in [1.54, 1.807) is 0 Å². The van der Waals surface area contributed by atoms with Crippen LogP contribution in [-0.4, -0.2) is 12.2 Å². The highest BCUT2D eigenvalue weighted by atomic mass is 16.2. The van der Waals surface area contributed by atoms with E-state index < -0.39 is 0 Å². The maximum Gasteiger partial charge on any atom is 0.0319 e. The average molecular weight is 393 g/mol. The lowest BCUT2D eigenvalue weighted by Crippen LogP contribution is -2.61. The Morgan fingerprint density at radius 2 is 1.32 bits per heavy atom. The van der Waals surface area contributed by atoms with E-state index in [-0.39, 0.29) is 0 Å². The van der Waals surface area contributed by atoms with Crippen LogP contribution in [0.15, 0.2) is 0 Å². The fourth-order valence-electron chi connectivity index (χ4n) is 8.56. The molecule has 0 radical (unpaired) electrons. The van der Waals surface area contributed by atoms with Crippen LogP contribution in [0, 0.1) is 45.8 Å². The van der Waals surface area contributed by atoms with Crippen LogP contribution in [0.5, 0.6) is 0 Å². The number of aliphatic hydroxyl groups excluding tert-OH is 1. The second-order valence-electron chi connectivity index (χ2n) is 11.6. The second kappa shape index (κ2) is 9.40. The number of rotatable bonds is 1. The van der Waals surface area contributed by atoms with E-state index in [0.717, 1.165) is 36.7 Å². The van der Waals surface area contributed by atoms with Gasteiger partial charge in [-0.3, -0.25) is 0 Å². The molecular formula is C27H52O. The molecule has 0 saturated heterocycles. The van der Waals surface area contributed by atoms with E-state index in [1.165, 1.54) is 70.6 Å². The fourth-order valence-corrected chi connectivity index (χ4v) is 8.56. The van der Waals surface area contributed by atoms with Crippen LogP contribution < -0.4 is 0 Å². The molecule has 0 aromatic rings. The van der Waals surface area contributed by atoms with Gasteiger partial charge in [0, 0.05) is 7.11 Å². The van der Waals surface area contributed by atoms with Crippen molar-refractivity contribution in [3.8, 4) is 0 Å². The van der Waals surface area contributed by atoms with E-state index in [1.807, 2.05) is 0 Å². The molecule has 1 nitrogen and oxygen atoms in total. The van der Waals surface area contributed by atoms with Crippen LogP contribution >= 0.6 is 0 Å². The van der Waals surface area contributed by atoms with Gasteiger partial charge in [0.2, 0.25) is 0 Å². The van der Waals surface area contributed by atoms with Crippen LogP contribution in [0.2, 0.25) is 0 Å². The van der Waals surface area contributed by atoms with E-state index in [9.17, 15) is 0 Å². The Morgan fingerprint density at radius 3 is 1.93 bits per heavy atom. The zero-order valence-corrected chi connectivity index (χ0v) is 20.6. The smallest absolute Gasteiger partial charge is 0.0319 e. The van der Waals surface area contributed by atoms with Gasteiger partial charge in [0.1, 0.15) is 0 Å². The van der Waals surface area contributed by atoms with Crippen LogP contribution in [0.3, 0.4) is 0 Å². The third-order valence-electron chi connectivity index (χ3n) is 10.7. The minimum Gasteiger partial charge on any atom is -0.400 e. The predicted molar refractivity (Wildman–Crippen MR) is 123 cm³/mol. The summed E-state index contributed by atoms with van der Waals surface area (Å²) in [5, 5.41) is 7.00. The number of hydrogen-bond donors (Lipinski definition) is 1. The highest BCUT2D eigenvalue weighted by Crippen LogP contribution is 2.73. The first-order valence-corrected chi connectivity index (χ1v) is 12.7. The molecule has 4 fully saturated rings. The summed E-state index contributed by atoms with van der Waals surface area (Å²) < 4.78 is 0. The number of fused-ring (bicyclic) bond motifs is 5. The lowest BCUT2D eigenvalue weighted by Gasteiger charge is -2.68. The molecule has 28 heavy (non-hydrogen) atoms. The largest absolute Gasteiger partial charge is 0.400 e. The molecule has 4 aliphatic carbocycles. The summed E-state index contributed by atoms with van der Waals surface area (Å²) in [4.78, 5) is 0. The van der Waals surface area contributed by atoms with Crippen molar-refractivity contribution in [2.75, 3.05) is 7.11 Å². The van der Waals surface area contributed by atoms with Gasteiger partial charge in [-0.05, 0) is 90.8 Å². The summed E-state index contributed by atoms with van der Waals surface area (Å²) in [5.41, 5.74) is 1.95. The number of hydrogen-bond acceptors (Lipinski definition) is 1. The normalized spacial score (nSPS) is 49.4.